The van der Waals surface area contributed by atoms with Gasteiger partial charge in [0.15, 0.2) is 0 Å². The minimum Gasteiger partial charge on any atom is -0.340 e. The fourth-order valence-corrected chi connectivity index (χ4v) is 5.99. The number of aromatic nitrogens is 1. The van der Waals surface area contributed by atoms with Crippen molar-refractivity contribution in [3.63, 3.8) is 0 Å². The van der Waals surface area contributed by atoms with E-state index in [4.69, 9.17) is 0 Å². The fourth-order valence-electron chi connectivity index (χ4n) is 4.40. The summed E-state index contributed by atoms with van der Waals surface area (Å²) in [5, 5.41) is 3.06. The number of benzene rings is 3. The predicted octanol–water partition coefficient (Wildman–Crippen LogP) is 3.77. The van der Waals surface area contributed by atoms with Crippen molar-refractivity contribution >= 4 is 37.6 Å². The number of para-hydroxylation sites is 1. The normalized spacial score (nSPS) is 15.2. The molecule has 0 atom stereocenters. The molecule has 3 aromatic carbocycles. The molecule has 4 aromatic rings. The van der Waals surface area contributed by atoms with Crippen LogP contribution in [-0.4, -0.2) is 54.7 Å². The van der Waals surface area contributed by atoms with E-state index < -0.39 is 10.0 Å². The summed E-state index contributed by atoms with van der Waals surface area (Å²) in [6.45, 7) is 3.23. The highest BCUT2D eigenvalue weighted by Crippen LogP contribution is 2.26. The zero-order chi connectivity index (χ0) is 23.0. The third-order valence-electron chi connectivity index (χ3n) is 6.19. The highest BCUT2D eigenvalue weighted by Gasteiger charge is 2.31. The lowest BCUT2D eigenvalue weighted by atomic mass is 10.0. The Morgan fingerprint density at radius 2 is 1.61 bits per heavy atom. The third-order valence-corrected chi connectivity index (χ3v) is 8.12. The Kier molecular flexibility index (Phi) is 5.60. The molecule has 1 saturated heterocycles. The molecule has 6 nitrogen and oxygen atoms in total. The molecular weight excluding hydrogens is 434 g/mol. The average molecular weight is 460 g/mol. The van der Waals surface area contributed by atoms with Crippen molar-refractivity contribution in [3.05, 3.63) is 84.1 Å². The molecular formula is C26H25N3O3S. The second kappa shape index (κ2) is 8.57. The molecule has 0 saturated carbocycles. The summed E-state index contributed by atoms with van der Waals surface area (Å²) in [4.78, 5) is 19.2. The summed E-state index contributed by atoms with van der Waals surface area (Å²) in [5.41, 5.74) is 2.43. The van der Waals surface area contributed by atoms with Gasteiger partial charge in [-0.05, 0) is 41.0 Å². The van der Waals surface area contributed by atoms with Crippen molar-refractivity contribution in [2.45, 2.75) is 18.2 Å². The lowest BCUT2D eigenvalue weighted by Gasteiger charge is -2.34. The second-order valence-corrected chi connectivity index (χ2v) is 10.4. The van der Waals surface area contributed by atoms with Crippen LogP contribution in [0.1, 0.15) is 11.1 Å². The molecule has 1 aromatic heterocycles. The molecule has 0 N–H and O–H groups in total. The van der Waals surface area contributed by atoms with Crippen LogP contribution < -0.4 is 0 Å². The minimum absolute atomic E-state index is 0.0182. The fraction of sp³-hybridized carbons (Fsp3) is 0.231. The zero-order valence-corrected chi connectivity index (χ0v) is 19.3. The first kappa shape index (κ1) is 21.6. The van der Waals surface area contributed by atoms with Gasteiger partial charge in [0.2, 0.25) is 15.9 Å². The van der Waals surface area contributed by atoms with E-state index in [1.807, 2.05) is 61.5 Å². The Labute approximate surface area is 193 Å². The van der Waals surface area contributed by atoms with Crippen molar-refractivity contribution in [3.8, 4) is 0 Å². The van der Waals surface area contributed by atoms with Gasteiger partial charge in [-0.1, -0.05) is 54.6 Å². The average Bonchev–Trinajstić information content (AvgIpc) is 2.83. The van der Waals surface area contributed by atoms with Crippen LogP contribution in [-0.2, 0) is 21.2 Å². The van der Waals surface area contributed by atoms with Crippen molar-refractivity contribution in [2.75, 3.05) is 26.2 Å². The van der Waals surface area contributed by atoms with Gasteiger partial charge in [0.25, 0.3) is 0 Å². The van der Waals surface area contributed by atoms with Crippen LogP contribution in [0.2, 0.25) is 0 Å². The maximum absolute atomic E-state index is 13.4. The van der Waals surface area contributed by atoms with Gasteiger partial charge in [0, 0.05) is 37.8 Å². The van der Waals surface area contributed by atoms with Crippen LogP contribution in [0, 0.1) is 6.92 Å². The summed E-state index contributed by atoms with van der Waals surface area (Å²) in [6, 6.07) is 21.3. The summed E-state index contributed by atoms with van der Waals surface area (Å²) in [7, 11) is -3.70. The maximum Gasteiger partial charge on any atom is 0.245 e. The SMILES string of the molecule is Cc1cnc2c(S(=O)(=O)N3CCN(C(=O)Cc4ccc5ccccc5c4)CC3)cccc2c1. The van der Waals surface area contributed by atoms with Gasteiger partial charge in [-0.25, -0.2) is 8.42 Å². The molecule has 0 spiro atoms. The van der Waals surface area contributed by atoms with Crippen LogP contribution in [0.5, 0.6) is 0 Å². The van der Waals surface area contributed by atoms with Gasteiger partial charge in [0.05, 0.1) is 11.9 Å². The Balaban J connectivity index is 1.29. The molecule has 7 heteroatoms. The third kappa shape index (κ3) is 4.21. The first-order valence-electron chi connectivity index (χ1n) is 11.0. The van der Waals surface area contributed by atoms with E-state index in [1.54, 1.807) is 23.2 Å². The Morgan fingerprint density at radius 3 is 2.39 bits per heavy atom. The number of fused-ring (bicyclic) bond motifs is 2. The van der Waals surface area contributed by atoms with Crippen molar-refractivity contribution < 1.29 is 13.2 Å². The predicted molar refractivity (Wildman–Crippen MR) is 129 cm³/mol. The molecule has 1 amide bonds. The van der Waals surface area contributed by atoms with E-state index in [0.717, 1.165) is 27.3 Å². The topological polar surface area (TPSA) is 70.6 Å². The van der Waals surface area contributed by atoms with Crippen molar-refractivity contribution in [1.29, 1.82) is 0 Å². The number of piperazine rings is 1. The Morgan fingerprint density at radius 1 is 0.879 bits per heavy atom. The van der Waals surface area contributed by atoms with E-state index in [2.05, 4.69) is 4.98 Å². The summed E-state index contributed by atoms with van der Waals surface area (Å²) >= 11 is 0. The number of hydrogen-bond acceptors (Lipinski definition) is 4. The van der Waals surface area contributed by atoms with E-state index in [-0.39, 0.29) is 23.9 Å². The molecule has 1 aliphatic rings. The number of carbonyl (C=O) groups is 1. The molecule has 33 heavy (non-hydrogen) atoms. The number of sulfonamides is 1. The van der Waals surface area contributed by atoms with Crippen LogP contribution >= 0.6 is 0 Å². The first-order chi connectivity index (χ1) is 15.9. The van der Waals surface area contributed by atoms with Crippen LogP contribution in [0.15, 0.2) is 77.8 Å². The lowest BCUT2D eigenvalue weighted by molar-refractivity contribution is -0.131. The van der Waals surface area contributed by atoms with Gasteiger partial charge >= 0.3 is 0 Å². The summed E-state index contributed by atoms with van der Waals surface area (Å²) in [5.74, 6) is 0.0182. The highest BCUT2D eigenvalue weighted by molar-refractivity contribution is 7.89. The number of aryl methyl sites for hydroxylation is 1. The molecule has 0 radical (unpaired) electrons. The molecule has 0 bridgehead atoms. The molecule has 5 rings (SSSR count). The van der Waals surface area contributed by atoms with Gasteiger partial charge in [-0.3, -0.25) is 9.78 Å². The van der Waals surface area contributed by atoms with Crippen LogP contribution in [0.4, 0.5) is 0 Å². The molecule has 1 fully saturated rings. The number of rotatable bonds is 4. The van der Waals surface area contributed by atoms with Gasteiger partial charge in [0.1, 0.15) is 4.90 Å². The largest absolute Gasteiger partial charge is 0.340 e. The van der Waals surface area contributed by atoms with Crippen LogP contribution in [0.25, 0.3) is 21.7 Å². The summed E-state index contributed by atoms with van der Waals surface area (Å²) < 4.78 is 28.2. The monoisotopic (exact) mass is 459 g/mol. The van der Waals surface area contributed by atoms with E-state index in [0.29, 0.717) is 25.0 Å². The van der Waals surface area contributed by atoms with E-state index >= 15 is 0 Å². The first-order valence-corrected chi connectivity index (χ1v) is 12.5. The quantitative estimate of drug-likeness (QED) is 0.466. The standard InChI is InChI=1S/C26H25N3O3S/c1-19-15-23-7-4-8-24(26(23)27-18-19)33(31,32)29-13-11-28(12-14-29)25(30)17-20-9-10-21-5-2-3-6-22(21)16-20/h2-10,15-16,18H,11-14,17H2,1H3. The van der Waals surface area contributed by atoms with Crippen LogP contribution in [0.3, 0.4) is 0 Å². The molecule has 2 heterocycles. The highest BCUT2D eigenvalue weighted by atomic mass is 32.2. The number of nitrogens with zero attached hydrogens (tertiary/aromatic N) is 3. The minimum atomic E-state index is -3.70. The van der Waals surface area contributed by atoms with Gasteiger partial charge < -0.3 is 4.90 Å². The number of carbonyl (C=O) groups excluding carboxylic acids is 1. The molecule has 0 unspecified atom stereocenters. The van der Waals surface area contributed by atoms with Crippen molar-refractivity contribution in [1.82, 2.24) is 14.2 Å². The molecule has 0 aliphatic carbocycles. The Bertz CT molecular complexity index is 1460. The zero-order valence-electron chi connectivity index (χ0n) is 18.4. The van der Waals surface area contributed by atoms with Gasteiger partial charge in [-0.2, -0.15) is 4.31 Å². The molecule has 1 aliphatic heterocycles. The lowest BCUT2D eigenvalue weighted by Crippen LogP contribution is -2.50. The number of amides is 1. The maximum atomic E-state index is 13.4. The number of hydrogen-bond donors (Lipinski definition) is 0. The molecule has 168 valence electrons. The Hall–Kier alpha value is -3.29. The van der Waals surface area contributed by atoms with Gasteiger partial charge in [-0.15, -0.1) is 0 Å². The van der Waals surface area contributed by atoms with Crippen molar-refractivity contribution in [2.24, 2.45) is 0 Å². The summed E-state index contributed by atoms with van der Waals surface area (Å²) in [6.07, 6.45) is 1.99. The van der Waals surface area contributed by atoms with E-state index in [9.17, 15) is 13.2 Å². The van der Waals surface area contributed by atoms with E-state index in [1.165, 1.54) is 4.31 Å². The smallest absolute Gasteiger partial charge is 0.245 e. The second-order valence-electron chi connectivity index (χ2n) is 8.48. The number of pyridine rings is 1.